The van der Waals surface area contributed by atoms with Crippen LogP contribution in [0.4, 0.5) is 5.69 Å². The summed E-state index contributed by atoms with van der Waals surface area (Å²) in [7, 11) is 0. The highest BCUT2D eigenvalue weighted by atomic mass is 16.7. The van der Waals surface area contributed by atoms with Crippen molar-refractivity contribution in [1.29, 1.82) is 0 Å². The van der Waals surface area contributed by atoms with Crippen molar-refractivity contribution in [3.8, 4) is 5.75 Å². The van der Waals surface area contributed by atoms with Gasteiger partial charge in [-0.15, -0.1) is 0 Å². The molecule has 0 radical (unpaired) electrons. The van der Waals surface area contributed by atoms with Crippen molar-refractivity contribution in [3.63, 3.8) is 0 Å². The van der Waals surface area contributed by atoms with Gasteiger partial charge < -0.3 is 14.2 Å². The number of imide groups is 1. The van der Waals surface area contributed by atoms with Crippen LogP contribution in [-0.4, -0.2) is 40.9 Å². The second-order valence-corrected chi connectivity index (χ2v) is 7.36. The Balaban J connectivity index is 1.37. The van der Waals surface area contributed by atoms with Crippen LogP contribution in [0, 0.1) is 22.0 Å². The molecule has 2 heterocycles. The van der Waals surface area contributed by atoms with Crippen molar-refractivity contribution in [2.24, 2.45) is 11.8 Å². The minimum atomic E-state index is -0.615. The van der Waals surface area contributed by atoms with E-state index >= 15 is 0 Å². The van der Waals surface area contributed by atoms with E-state index in [1.165, 1.54) is 12.1 Å². The molecule has 1 aliphatic carbocycles. The Labute approximate surface area is 171 Å². The standard InChI is InChI=1S/C20H20N2O8/c23-17(5-6-21-19(24)15-3-1-2-4-16(15)20(21)25)29-10-13-8-14(22(26)27)7-12-9-28-11-30-18(12)13/h1-2,7-8,15-16H,3-6,9-11H2/t15-,16+. The Hall–Kier alpha value is -3.27. The van der Waals surface area contributed by atoms with Crippen molar-refractivity contribution in [2.75, 3.05) is 13.3 Å². The Morgan fingerprint density at radius 2 is 1.90 bits per heavy atom. The van der Waals surface area contributed by atoms with Crippen LogP contribution < -0.4 is 4.74 Å². The Bertz CT molecular complexity index is 915. The summed E-state index contributed by atoms with van der Waals surface area (Å²) >= 11 is 0. The van der Waals surface area contributed by atoms with Crippen molar-refractivity contribution >= 4 is 23.5 Å². The van der Waals surface area contributed by atoms with Gasteiger partial charge in [0.15, 0.2) is 6.79 Å². The molecule has 1 aromatic rings. The van der Waals surface area contributed by atoms with Gasteiger partial charge in [0.25, 0.3) is 5.69 Å². The fraction of sp³-hybridized carbons (Fsp3) is 0.450. The maximum Gasteiger partial charge on any atom is 0.307 e. The highest BCUT2D eigenvalue weighted by Crippen LogP contribution is 2.35. The van der Waals surface area contributed by atoms with E-state index in [4.69, 9.17) is 14.2 Å². The smallest absolute Gasteiger partial charge is 0.307 e. The van der Waals surface area contributed by atoms with Crippen LogP contribution in [0.2, 0.25) is 0 Å². The molecule has 0 saturated carbocycles. The van der Waals surface area contributed by atoms with Gasteiger partial charge in [-0.2, -0.15) is 0 Å². The second kappa shape index (κ2) is 8.23. The molecule has 1 fully saturated rings. The number of amides is 2. The summed E-state index contributed by atoms with van der Waals surface area (Å²) in [5, 5.41) is 11.1. The first kappa shape index (κ1) is 20.0. The van der Waals surface area contributed by atoms with Gasteiger partial charge >= 0.3 is 5.97 Å². The largest absolute Gasteiger partial charge is 0.467 e. The average molecular weight is 416 g/mol. The van der Waals surface area contributed by atoms with E-state index in [-0.39, 0.29) is 62.3 Å². The minimum Gasteiger partial charge on any atom is -0.467 e. The third kappa shape index (κ3) is 3.78. The third-order valence-corrected chi connectivity index (χ3v) is 5.51. The van der Waals surface area contributed by atoms with Gasteiger partial charge in [0.1, 0.15) is 12.4 Å². The number of esters is 1. The molecular formula is C20H20N2O8. The molecule has 0 unspecified atom stereocenters. The quantitative estimate of drug-likeness (QED) is 0.226. The Morgan fingerprint density at radius 3 is 2.57 bits per heavy atom. The lowest BCUT2D eigenvalue weighted by Crippen LogP contribution is -2.33. The van der Waals surface area contributed by atoms with E-state index < -0.39 is 10.9 Å². The van der Waals surface area contributed by atoms with E-state index in [9.17, 15) is 24.5 Å². The van der Waals surface area contributed by atoms with Crippen molar-refractivity contribution in [2.45, 2.75) is 32.5 Å². The number of carbonyl (C=O) groups is 3. The number of nitrogens with zero attached hydrogens (tertiary/aromatic N) is 2. The summed E-state index contributed by atoms with van der Waals surface area (Å²) in [4.78, 5) is 48.8. The van der Waals surface area contributed by atoms with E-state index in [1.54, 1.807) is 0 Å². The highest BCUT2D eigenvalue weighted by Gasteiger charge is 2.46. The number of carbonyl (C=O) groups excluding carboxylic acids is 3. The van der Waals surface area contributed by atoms with Crippen LogP contribution in [0.5, 0.6) is 5.75 Å². The first-order valence-electron chi connectivity index (χ1n) is 9.62. The zero-order valence-corrected chi connectivity index (χ0v) is 16.1. The molecule has 1 aromatic carbocycles. The maximum absolute atomic E-state index is 12.4. The molecule has 3 aliphatic rings. The fourth-order valence-corrected chi connectivity index (χ4v) is 4.02. The summed E-state index contributed by atoms with van der Waals surface area (Å²) in [5.41, 5.74) is 0.714. The molecule has 158 valence electrons. The number of rotatable bonds is 6. The second-order valence-electron chi connectivity index (χ2n) is 7.36. The van der Waals surface area contributed by atoms with Gasteiger partial charge in [-0.1, -0.05) is 12.2 Å². The zero-order chi connectivity index (χ0) is 21.3. The molecular weight excluding hydrogens is 396 g/mol. The first-order chi connectivity index (χ1) is 14.5. The first-order valence-corrected chi connectivity index (χ1v) is 9.62. The van der Waals surface area contributed by atoms with Gasteiger partial charge in [-0.3, -0.25) is 29.4 Å². The highest BCUT2D eigenvalue weighted by molar-refractivity contribution is 6.05. The third-order valence-electron chi connectivity index (χ3n) is 5.51. The number of likely N-dealkylation sites (tertiary alicyclic amines) is 1. The van der Waals surface area contributed by atoms with Crippen LogP contribution in [0.3, 0.4) is 0 Å². The molecule has 0 bridgehead atoms. The molecule has 2 atom stereocenters. The van der Waals surface area contributed by atoms with Gasteiger partial charge in [0.2, 0.25) is 11.8 Å². The predicted octanol–water partition coefficient (Wildman–Crippen LogP) is 1.85. The predicted molar refractivity (Wildman–Crippen MR) is 99.9 cm³/mol. The number of hydrogen-bond acceptors (Lipinski definition) is 8. The topological polar surface area (TPSA) is 125 Å². The molecule has 10 heteroatoms. The number of nitro groups is 1. The lowest BCUT2D eigenvalue weighted by Gasteiger charge is -2.20. The molecule has 4 rings (SSSR count). The number of benzene rings is 1. The van der Waals surface area contributed by atoms with Gasteiger partial charge in [-0.05, 0) is 12.8 Å². The summed E-state index contributed by atoms with van der Waals surface area (Å²) in [5.74, 6) is -1.38. The van der Waals surface area contributed by atoms with Crippen molar-refractivity contribution < 1.29 is 33.5 Å². The zero-order valence-electron chi connectivity index (χ0n) is 16.1. The van der Waals surface area contributed by atoms with E-state index in [0.29, 0.717) is 29.7 Å². The van der Waals surface area contributed by atoms with Crippen molar-refractivity contribution in [3.05, 3.63) is 45.5 Å². The SMILES string of the molecule is O=C(CCN1C(=O)[C@H]2CC=CC[C@H]2C1=O)OCc1cc([N+](=O)[O-])cc2c1OCOC2. The molecule has 1 saturated heterocycles. The van der Waals surface area contributed by atoms with Gasteiger partial charge in [0, 0.05) is 29.8 Å². The number of non-ortho nitro benzene ring substituents is 1. The molecule has 2 aliphatic heterocycles. The minimum absolute atomic E-state index is 0.00211. The van der Waals surface area contributed by atoms with E-state index in [0.717, 1.165) is 4.90 Å². The van der Waals surface area contributed by atoms with Crippen LogP contribution >= 0.6 is 0 Å². The maximum atomic E-state index is 12.4. The van der Waals surface area contributed by atoms with E-state index in [1.807, 2.05) is 12.2 Å². The number of fused-ring (bicyclic) bond motifs is 2. The average Bonchev–Trinajstić information content (AvgIpc) is 3.00. The van der Waals surface area contributed by atoms with Crippen LogP contribution in [0.15, 0.2) is 24.3 Å². The number of ether oxygens (including phenoxy) is 3. The normalized spacial score (nSPS) is 22.3. The van der Waals surface area contributed by atoms with Crippen molar-refractivity contribution in [1.82, 2.24) is 4.90 Å². The Kier molecular flexibility index (Phi) is 5.49. The lowest BCUT2D eigenvalue weighted by molar-refractivity contribution is -0.385. The molecule has 2 amide bonds. The van der Waals surface area contributed by atoms with Crippen LogP contribution in [0.25, 0.3) is 0 Å². The van der Waals surface area contributed by atoms with Crippen LogP contribution in [-0.2, 0) is 37.1 Å². The summed E-state index contributed by atoms with van der Waals surface area (Å²) < 4.78 is 15.8. The van der Waals surface area contributed by atoms with Gasteiger partial charge in [-0.25, -0.2) is 0 Å². The number of nitro benzene ring substituents is 1. The molecule has 0 N–H and O–H groups in total. The summed E-state index contributed by atoms with van der Waals surface area (Å²) in [6.45, 7) is -0.0999. The summed E-state index contributed by atoms with van der Waals surface area (Å²) in [6, 6.07) is 2.65. The number of allylic oxidation sites excluding steroid dienone is 2. The number of hydrogen-bond donors (Lipinski definition) is 0. The molecule has 30 heavy (non-hydrogen) atoms. The fourth-order valence-electron chi connectivity index (χ4n) is 4.02. The lowest BCUT2D eigenvalue weighted by atomic mass is 9.85. The molecule has 10 nitrogen and oxygen atoms in total. The molecule has 0 aromatic heterocycles. The van der Waals surface area contributed by atoms with E-state index in [2.05, 4.69) is 0 Å². The molecule has 0 spiro atoms. The van der Waals surface area contributed by atoms with Gasteiger partial charge in [0.05, 0.1) is 29.8 Å². The van der Waals surface area contributed by atoms with Crippen LogP contribution in [0.1, 0.15) is 30.4 Å². The Morgan fingerprint density at radius 1 is 1.20 bits per heavy atom. The monoisotopic (exact) mass is 416 g/mol. The summed E-state index contributed by atoms with van der Waals surface area (Å²) in [6.07, 6.45) is 4.73.